The van der Waals surface area contributed by atoms with Crippen LogP contribution in [0.3, 0.4) is 0 Å². The maximum atomic E-state index is 4.49. The molecule has 1 aliphatic rings. The van der Waals surface area contributed by atoms with Gasteiger partial charge >= 0.3 is 0 Å². The minimum atomic E-state index is 0.820. The molecular formula is C56H41N3. The number of aromatic nitrogens is 2. The summed E-state index contributed by atoms with van der Waals surface area (Å²) in [4.78, 5) is 4.49. The van der Waals surface area contributed by atoms with Crippen molar-refractivity contribution in [2.24, 2.45) is 0 Å². The number of nitrogens with zero attached hydrogens (tertiary/aromatic N) is 2. The fourth-order valence-electron chi connectivity index (χ4n) is 8.59. The van der Waals surface area contributed by atoms with Crippen LogP contribution in [0.4, 0.5) is 0 Å². The molecule has 280 valence electrons. The lowest BCUT2D eigenvalue weighted by Crippen LogP contribution is -2.10. The van der Waals surface area contributed by atoms with Gasteiger partial charge in [-0.3, -0.25) is 4.98 Å². The fraction of sp³-hybridized carbons (Fsp3) is 0.0179. The van der Waals surface area contributed by atoms with E-state index in [4.69, 9.17) is 0 Å². The Morgan fingerprint density at radius 1 is 0.373 bits per heavy atom. The van der Waals surface area contributed by atoms with Crippen molar-refractivity contribution in [3.63, 3.8) is 0 Å². The standard InChI is InChI=1S/C56H41N3/c1-6-18-40(19-7-1)51-52(41-20-8-2-9-21-41)54(43-24-12-4-13-25-43)56(55(44-26-14-5-15-27-44)53(51)42-22-10-3-11-23-42)45-30-32-48(33-31-45)59-49(46-28-16-36-57-38-46)34-35-50(59)47-29-17-37-58-39-47/h1-36,38-39,58H,37H2. The van der Waals surface area contributed by atoms with Crippen molar-refractivity contribution >= 4 is 5.57 Å². The molecule has 0 fully saturated rings. The van der Waals surface area contributed by atoms with Gasteiger partial charge in [-0.1, -0.05) is 176 Å². The SMILES string of the molecule is C1=CC(c2ccc(-c3cccnc3)n2-c2ccc(-c3c(-c4ccccc4)c(-c4ccccc4)c(-c4ccccc4)c(-c4ccccc4)c3-c3ccccc3)cc2)=CNC1. The fourth-order valence-corrected chi connectivity index (χ4v) is 8.59. The number of rotatable bonds is 9. The highest BCUT2D eigenvalue weighted by Gasteiger charge is 2.29. The molecule has 1 aliphatic heterocycles. The predicted octanol–water partition coefficient (Wildman–Crippen LogP) is 14.0. The summed E-state index contributed by atoms with van der Waals surface area (Å²) in [6.07, 6.45) is 10.2. The summed E-state index contributed by atoms with van der Waals surface area (Å²) in [5.74, 6) is 0. The zero-order valence-corrected chi connectivity index (χ0v) is 32.5. The van der Waals surface area contributed by atoms with Crippen LogP contribution >= 0.6 is 0 Å². The van der Waals surface area contributed by atoms with Crippen LogP contribution in [0.15, 0.2) is 231 Å². The Kier molecular flexibility index (Phi) is 9.67. The molecule has 0 radical (unpaired) electrons. The zero-order chi connectivity index (χ0) is 39.4. The molecule has 0 saturated carbocycles. The molecular weight excluding hydrogens is 715 g/mol. The second-order valence-electron chi connectivity index (χ2n) is 14.7. The maximum Gasteiger partial charge on any atom is 0.0550 e. The van der Waals surface area contributed by atoms with E-state index in [1.54, 1.807) is 0 Å². The Morgan fingerprint density at radius 2 is 0.763 bits per heavy atom. The second kappa shape index (κ2) is 16.0. The van der Waals surface area contributed by atoms with Crippen LogP contribution in [-0.2, 0) is 0 Å². The summed E-state index contributed by atoms with van der Waals surface area (Å²) in [6, 6.07) is 72.4. The highest BCUT2D eigenvalue weighted by molar-refractivity contribution is 6.15. The van der Waals surface area contributed by atoms with E-state index < -0.39 is 0 Å². The van der Waals surface area contributed by atoms with Gasteiger partial charge in [-0.05, 0) is 103 Å². The van der Waals surface area contributed by atoms with Crippen molar-refractivity contribution in [2.75, 3.05) is 6.54 Å². The lowest BCUT2D eigenvalue weighted by molar-refractivity contribution is 0.968. The lowest BCUT2D eigenvalue weighted by Gasteiger charge is -2.29. The molecule has 1 N–H and O–H groups in total. The van der Waals surface area contributed by atoms with Crippen molar-refractivity contribution in [2.45, 2.75) is 0 Å². The summed E-state index contributed by atoms with van der Waals surface area (Å²) in [5.41, 5.74) is 19.6. The van der Waals surface area contributed by atoms with Gasteiger partial charge in [-0.25, -0.2) is 0 Å². The Hall–Kier alpha value is -7.75. The summed E-state index contributed by atoms with van der Waals surface area (Å²) in [6.45, 7) is 0.820. The Balaban J connectivity index is 1.33. The van der Waals surface area contributed by atoms with Gasteiger partial charge in [0.05, 0.1) is 11.4 Å². The highest BCUT2D eigenvalue weighted by atomic mass is 15.0. The van der Waals surface area contributed by atoms with Crippen LogP contribution in [0.25, 0.3) is 89.3 Å². The van der Waals surface area contributed by atoms with Crippen molar-refractivity contribution in [1.82, 2.24) is 14.9 Å². The van der Waals surface area contributed by atoms with Crippen LogP contribution in [0.2, 0.25) is 0 Å². The first kappa shape index (κ1) is 35.6. The van der Waals surface area contributed by atoms with Crippen molar-refractivity contribution in [3.8, 4) is 83.7 Å². The maximum absolute atomic E-state index is 4.49. The van der Waals surface area contributed by atoms with Gasteiger partial charge in [-0.15, -0.1) is 0 Å². The quantitative estimate of drug-likeness (QED) is 0.159. The topological polar surface area (TPSA) is 29.9 Å². The molecule has 7 aromatic carbocycles. The average molecular weight is 756 g/mol. The van der Waals surface area contributed by atoms with Gasteiger partial charge < -0.3 is 9.88 Å². The number of benzene rings is 7. The normalized spacial score (nSPS) is 12.2. The van der Waals surface area contributed by atoms with Gasteiger partial charge in [0, 0.05) is 42.0 Å². The predicted molar refractivity (Wildman–Crippen MR) is 247 cm³/mol. The van der Waals surface area contributed by atoms with Crippen LogP contribution in [0.1, 0.15) is 5.69 Å². The van der Waals surface area contributed by atoms with Crippen LogP contribution < -0.4 is 5.32 Å². The number of dihydropyridines is 1. The molecule has 10 rings (SSSR count). The first-order chi connectivity index (χ1) is 29.3. The molecule has 0 aliphatic carbocycles. The summed E-state index contributed by atoms with van der Waals surface area (Å²) < 4.78 is 2.35. The Bertz CT molecular complexity index is 2810. The Morgan fingerprint density at radius 3 is 1.14 bits per heavy atom. The zero-order valence-electron chi connectivity index (χ0n) is 32.5. The smallest absolute Gasteiger partial charge is 0.0550 e. The van der Waals surface area contributed by atoms with E-state index in [1.165, 1.54) is 50.1 Å². The van der Waals surface area contributed by atoms with Gasteiger partial charge in [0.2, 0.25) is 0 Å². The first-order valence-corrected chi connectivity index (χ1v) is 20.2. The van der Waals surface area contributed by atoms with E-state index in [1.807, 2.05) is 18.5 Å². The molecule has 0 amide bonds. The first-order valence-electron chi connectivity index (χ1n) is 20.2. The molecule has 9 aromatic rings. The molecule has 0 spiro atoms. The van der Waals surface area contributed by atoms with Crippen molar-refractivity contribution in [1.29, 1.82) is 0 Å². The monoisotopic (exact) mass is 755 g/mol. The van der Waals surface area contributed by atoms with E-state index in [9.17, 15) is 0 Å². The molecule has 0 saturated heterocycles. The minimum absolute atomic E-state index is 0.820. The number of pyridine rings is 1. The van der Waals surface area contributed by atoms with E-state index in [2.05, 4.69) is 227 Å². The van der Waals surface area contributed by atoms with Crippen molar-refractivity contribution < 1.29 is 0 Å². The molecule has 3 heterocycles. The summed E-state index contributed by atoms with van der Waals surface area (Å²) in [7, 11) is 0. The summed E-state index contributed by atoms with van der Waals surface area (Å²) in [5, 5.41) is 3.41. The highest BCUT2D eigenvalue weighted by Crippen LogP contribution is 2.55. The number of hydrogen-bond acceptors (Lipinski definition) is 2. The van der Waals surface area contributed by atoms with E-state index >= 15 is 0 Å². The number of allylic oxidation sites excluding steroid dienone is 2. The van der Waals surface area contributed by atoms with Crippen molar-refractivity contribution in [3.05, 3.63) is 237 Å². The minimum Gasteiger partial charge on any atom is -0.387 e. The third kappa shape index (κ3) is 6.79. The van der Waals surface area contributed by atoms with Gasteiger partial charge in [0.1, 0.15) is 0 Å². The Labute approximate surface area is 346 Å². The third-order valence-electron chi connectivity index (χ3n) is 11.2. The van der Waals surface area contributed by atoms with Gasteiger partial charge in [0.25, 0.3) is 0 Å². The second-order valence-corrected chi connectivity index (χ2v) is 14.7. The third-order valence-corrected chi connectivity index (χ3v) is 11.2. The summed E-state index contributed by atoms with van der Waals surface area (Å²) >= 11 is 0. The van der Waals surface area contributed by atoms with E-state index in [-0.39, 0.29) is 0 Å². The van der Waals surface area contributed by atoms with Gasteiger partial charge in [-0.2, -0.15) is 0 Å². The van der Waals surface area contributed by atoms with E-state index in [0.717, 1.165) is 51.4 Å². The number of nitrogens with one attached hydrogen (secondary N) is 1. The molecule has 2 aromatic heterocycles. The van der Waals surface area contributed by atoms with Crippen LogP contribution in [0, 0.1) is 0 Å². The lowest BCUT2D eigenvalue weighted by atomic mass is 9.74. The molecule has 0 unspecified atom stereocenters. The van der Waals surface area contributed by atoms with E-state index in [0.29, 0.717) is 0 Å². The molecule has 59 heavy (non-hydrogen) atoms. The van der Waals surface area contributed by atoms with Crippen LogP contribution in [0.5, 0.6) is 0 Å². The van der Waals surface area contributed by atoms with Gasteiger partial charge in [0.15, 0.2) is 0 Å². The molecule has 3 heteroatoms. The number of hydrogen-bond donors (Lipinski definition) is 1. The molecule has 0 atom stereocenters. The molecule has 3 nitrogen and oxygen atoms in total. The molecule has 0 bridgehead atoms. The largest absolute Gasteiger partial charge is 0.387 e. The van der Waals surface area contributed by atoms with Crippen LogP contribution in [-0.4, -0.2) is 16.1 Å². The average Bonchev–Trinajstić information content (AvgIpc) is 3.78.